The summed E-state index contributed by atoms with van der Waals surface area (Å²) in [7, 11) is 0. The van der Waals surface area contributed by atoms with Gasteiger partial charge in [-0.1, -0.05) is 24.3 Å². The average Bonchev–Trinajstić information content (AvgIpc) is 3.05. The Morgan fingerprint density at radius 2 is 1.91 bits per heavy atom. The monoisotopic (exact) mass is 296 g/mol. The zero-order valence-electron chi connectivity index (χ0n) is 11.9. The van der Waals surface area contributed by atoms with Crippen molar-refractivity contribution in [3.05, 3.63) is 78.4 Å². The molecule has 0 aliphatic heterocycles. The minimum Gasteiger partial charge on any atom is -0.465 e. The van der Waals surface area contributed by atoms with Crippen molar-refractivity contribution in [2.24, 2.45) is 0 Å². The summed E-state index contributed by atoms with van der Waals surface area (Å²) < 4.78 is 5.18. The van der Waals surface area contributed by atoms with Crippen molar-refractivity contribution in [3.63, 3.8) is 0 Å². The number of hydrogen-bond acceptors (Lipinski definition) is 3. The predicted molar refractivity (Wildman–Crippen MR) is 83.8 cm³/mol. The lowest BCUT2D eigenvalue weighted by molar-refractivity contribution is -0.117. The van der Waals surface area contributed by atoms with Gasteiger partial charge in [0.05, 0.1) is 6.26 Å². The second-order valence-corrected chi connectivity index (χ2v) is 4.39. The molecule has 5 heteroatoms. The smallest absolute Gasteiger partial charge is 0.268 e. The Labute approximate surface area is 128 Å². The SMILES string of the molecule is C=CCNC(=O)/C(=C/c1ccco1)NC(=O)c1ccccc1. The molecule has 1 aromatic carbocycles. The molecule has 0 unspecified atom stereocenters. The van der Waals surface area contributed by atoms with E-state index in [-0.39, 0.29) is 11.6 Å². The number of nitrogens with one attached hydrogen (secondary N) is 2. The molecule has 2 aromatic rings. The highest BCUT2D eigenvalue weighted by Gasteiger charge is 2.14. The van der Waals surface area contributed by atoms with Crippen LogP contribution in [0.3, 0.4) is 0 Å². The van der Waals surface area contributed by atoms with Gasteiger partial charge in [0.25, 0.3) is 11.8 Å². The van der Waals surface area contributed by atoms with Crippen LogP contribution in [0, 0.1) is 0 Å². The Hall–Kier alpha value is -3.08. The van der Waals surface area contributed by atoms with E-state index < -0.39 is 5.91 Å². The van der Waals surface area contributed by atoms with Crippen molar-refractivity contribution in [2.45, 2.75) is 0 Å². The summed E-state index contributed by atoms with van der Waals surface area (Å²) in [5.74, 6) is -0.315. The molecule has 5 nitrogen and oxygen atoms in total. The fourth-order valence-corrected chi connectivity index (χ4v) is 1.72. The highest BCUT2D eigenvalue weighted by molar-refractivity contribution is 6.05. The van der Waals surface area contributed by atoms with Gasteiger partial charge in [-0.15, -0.1) is 6.58 Å². The van der Waals surface area contributed by atoms with Crippen LogP contribution >= 0.6 is 0 Å². The summed E-state index contributed by atoms with van der Waals surface area (Å²) in [5, 5.41) is 5.22. The van der Waals surface area contributed by atoms with Gasteiger partial charge in [0, 0.05) is 18.2 Å². The number of rotatable bonds is 6. The van der Waals surface area contributed by atoms with Crippen molar-refractivity contribution in [1.82, 2.24) is 10.6 Å². The molecule has 0 aliphatic rings. The molecule has 0 bridgehead atoms. The van der Waals surface area contributed by atoms with Gasteiger partial charge in [0.1, 0.15) is 11.5 Å². The lowest BCUT2D eigenvalue weighted by Crippen LogP contribution is -2.34. The molecule has 112 valence electrons. The number of carbonyl (C=O) groups excluding carboxylic acids is 2. The molecular formula is C17H16N2O3. The molecule has 0 atom stereocenters. The third-order valence-electron chi connectivity index (χ3n) is 2.77. The van der Waals surface area contributed by atoms with Crippen LogP contribution in [0.1, 0.15) is 16.1 Å². The molecule has 0 spiro atoms. The zero-order valence-corrected chi connectivity index (χ0v) is 11.9. The molecule has 0 saturated heterocycles. The number of benzene rings is 1. The van der Waals surface area contributed by atoms with Crippen molar-refractivity contribution < 1.29 is 14.0 Å². The van der Waals surface area contributed by atoms with E-state index in [0.29, 0.717) is 17.9 Å². The van der Waals surface area contributed by atoms with Crippen LogP contribution in [-0.4, -0.2) is 18.4 Å². The molecule has 2 amide bonds. The van der Waals surface area contributed by atoms with Gasteiger partial charge in [0.15, 0.2) is 0 Å². The number of hydrogen-bond donors (Lipinski definition) is 2. The number of amides is 2. The van der Waals surface area contributed by atoms with E-state index in [0.717, 1.165) is 0 Å². The molecule has 22 heavy (non-hydrogen) atoms. The largest absolute Gasteiger partial charge is 0.465 e. The Balaban J connectivity index is 2.19. The third-order valence-corrected chi connectivity index (χ3v) is 2.77. The van der Waals surface area contributed by atoms with Crippen LogP contribution in [-0.2, 0) is 4.79 Å². The van der Waals surface area contributed by atoms with E-state index in [4.69, 9.17) is 4.42 Å². The zero-order chi connectivity index (χ0) is 15.8. The first-order valence-corrected chi connectivity index (χ1v) is 6.71. The summed E-state index contributed by atoms with van der Waals surface area (Å²) in [6.07, 6.45) is 4.52. The van der Waals surface area contributed by atoms with Gasteiger partial charge in [-0.2, -0.15) is 0 Å². The predicted octanol–water partition coefficient (Wildman–Crippen LogP) is 2.35. The minimum atomic E-state index is -0.416. The van der Waals surface area contributed by atoms with Gasteiger partial charge in [-0.3, -0.25) is 9.59 Å². The molecule has 1 aromatic heterocycles. The van der Waals surface area contributed by atoms with E-state index >= 15 is 0 Å². The van der Waals surface area contributed by atoms with Crippen molar-refractivity contribution in [1.29, 1.82) is 0 Å². The van der Waals surface area contributed by atoms with Gasteiger partial charge in [-0.05, 0) is 24.3 Å². The summed E-state index contributed by atoms with van der Waals surface area (Å²) >= 11 is 0. The van der Waals surface area contributed by atoms with Crippen LogP contribution in [0.2, 0.25) is 0 Å². The summed E-state index contributed by atoms with van der Waals surface area (Å²) in [5.41, 5.74) is 0.565. The maximum atomic E-state index is 12.2. The van der Waals surface area contributed by atoms with Gasteiger partial charge < -0.3 is 15.1 Å². The molecule has 1 heterocycles. The minimum absolute atomic E-state index is 0.102. The van der Waals surface area contributed by atoms with Gasteiger partial charge in [0.2, 0.25) is 0 Å². The van der Waals surface area contributed by atoms with Crippen LogP contribution in [0.15, 0.2) is 71.5 Å². The summed E-state index contributed by atoms with van der Waals surface area (Å²) in [4.78, 5) is 24.3. The van der Waals surface area contributed by atoms with Crippen LogP contribution in [0.5, 0.6) is 0 Å². The first-order valence-electron chi connectivity index (χ1n) is 6.71. The van der Waals surface area contributed by atoms with Gasteiger partial charge in [-0.25, -0.2) is 0 Å². The Bertz CT molecular complexity index is 673. The lowest BCUT2D eigenvalue weighted by atomic mass is 10.2. The average molecular weight is 296 g/mol. The Morgan fingerprint density at radius 1 is 1.14 bits per heavy atom. The highest BCUT2D eigenvalue weighted by atomic mass is 16.3. The van der Waals surface area contributed by atoms with E-state index in [1.165, 1.54) is 12.3 Å². The van der Waals surface area contributed by atoms with E-state index in [1.807, 2.05) is 6.07 Å². The molecule has 0 saturated carbocycles. The lowest BCUT2D eigenvalue weighted by Gasteiger charge is -2.09. The maximum absolute atomic E-state index is 12.2. The second kappa shape index (κ2) is 7.64. The molecule has 0 fully saturated rings. The van der Waals surface area contributed by atoms with Crippen molar-refractivity contribution >= 4 is 17.9 Å². The summed E-state index contributed by atoms with van der Waals surface area (Å²) in [6, 6.07) is 12.0. The normalized spacial score (nSPS) is 10.8. The van der Waals surface area contributed by atoms with Crippen LogP contribution < -0.4 is 10.6 Å². The van der Waals surface area contributed by atoms with E-state index in [2.05, 4.69) is 17.2 Å². The third kappa shape index (κ3) is 4.21. The van der Waals surface area contributed by atoms with E-state index in [1.54, 1.807) is 42.5 Å². The first kappa shape index (κ1) is 15.3. The molecule has 2 N–H and O–H groups in total. The van der Waals surface area contributed by atoms with E-state index in [9.17, 15) is 9.59 Å². The van der Waals surface area contributed by atoms with Crippen molar-refractivity contribution in [2.75, 3.05) is 6.54 Å². The van der Waals surface area contributed by atoms with Crippen molar-refractivity contribution in [3.8, 4) is 0 Å². The maximum Gasteiger partial charge on any atom is 0.268 e. The summed E-state index contributed by atoms with van der Waals surface area (Å²) in [6.45, 7) is 3.84. The van der Waals surface area contributed by atoms with Crippen LogP contribution in [0.25, 0.3) is 6.08 Å². The van der Waals surface area contributed by atoms with Gasteiger partial charge >= 0.3 is 0 Å². The highest BCUT2D eigenvalue weighted by Crippen LogP contribution is 2.07. The standard InChI is InChI=1S/C17H16N2O3/c1-2-10-18-17(21)15(12-14-9-6-11-22-14)19-16(20)13-7-4-3-5-8-13/h2-9,11-12H,1,10H2,(H,18,21)(H,19,20)/b15-12-. The molecular weight excluding hydrogens is 280 g/mol. The fraction of sp³-hybridized carbons (Fsp3) is 0.0588. The molecule has 0 radical (unpaired) electrons. The van der Waals surface area contributed by atoms with Crippen LogP contribution in [0.4, 0.5) is 0 Å². The topological polar surface area (TPSA) is 71.3 Å². The number of carbonyl (C=O) groups is 2. The molecule has 2 rings (SSSR count). The fourth-order valence-electron chi connectivity index (χ4n) is 1.72. The second-order valence-electron chi connectivity index (χ2n) is 4.39. The molecule has 0 aliphatic carbocycles. The number of furan rings is 1. The Morgan fingerprint density at radius 3 is 2.55 bits per heavy atom. The first-order chi connectivity index (χ1) is 10.7. The quantitative estimate of drug-likeness (QED) is 0.635. The Kier molecular flexibility index (Phi) is 5.31.